The zero-order valence-corrected chi connectivity index (χ0v) is 13.3. The summed E-state index contributed by atoms with van der Waals surface area (Å²) in [5.74, 6) is -0.217. The summed E-state index contributed by atoms with van der Waals surface area (Å²) in [6.45, 7) is 9.23. The number of carbonyl (C=O) groups is 2. The molecule has 21 heavy (non-hydrogen) atoms. The van der Waals surface area contributed by atoms with Gasteiger partial charge in [-0.05, 0) is 44.7 Å². The van der Waals surface area contributed by atoms with Crippen molar-refractivity contribution in [2.24, 2.45) is 0 Å². The van der Waals surface area contributed by atoms with Gasteiger partial charge in [-0.2, -0.15) is 0 Å². The molecule has 2 atom stereocenters. The Hall–Kier alpha value is -1.84. The van der Waals surface area contributed by atoms with Gasteiger partial charge in [-0.1, -0.05) is 25.1 Å². The van der Waals surface area contributed by atoms with Crippen LogP contribution in [0.1, 0.15) is 52.5 Å². The van der Waals surface area contributed by atoms with Crippen molar-refractivity contribution in [3.8, 4) is 0 Å². The summed E-state index contributed by atoms with van der Waals surface area (Å²) < 4.78 is 5.07. The minimum absolute atomic E-state index is 0.172. The second kappa shape index (κ2) is 5.51. The molecule has 1 aromatic carbocycles. The van der Waals surface area contributed by atoms with Gasteiger partial charge in [0.05, 0.1) is 0 Å². The van der Waals surface area contributed by atoms with E-state index in [-0.39, 0.29) is 11.4 Å². The third-order valence-corrected chi connectivity index (χ3v) is 4.03. The molecule has 2 unspecified atom stereocenters. The summed E-state index contributed by atoms with van der Waals surface area (Å²) in [6.07, 6.45) is 0.103. The van der Waals surface area contributed by atoms with E-state index in [2.05, 4.69) is 26.8 Å². The molecule has 0 spiro atoms. The lowest BCUT2D eigenvalue weighted by atomic mass is 9.80. The fourth-order valence-corrected chi connectivity index (χ4v) is 3.28. The van der Waals surface area contributed by atoms with E-state index < -0.39 is 12.1 Å². The number of fused-ring (bicyclic) bond motifs is 1. The number of benzene rings is 1. The predicted molar refractivity (Wildman–Crippen MR) is 82.3 cm³/mol. The number of hydrogen-bond acceptors (Lipinski definition) is 3. The molecule has 0 N–H and O–H groups in total. The summed E-state index contributed by atoms with van der Waals surface area (Å²) in [5.41, 5.74) is 1.78. The van der Waals surface area contributed by atoms with Gasteiger partial charge in [0, 0.05) is 18.2 Å². The van der Waals surface area contributed by atoms with E-state index in [0.29, 0.717) is 5.92 Å². The van der Waals surface area contributed by atoms with E-state index in [1.54, 1.807) is 11.8 Å². The van der Waals surface area contributed by atoms with E-state index >= 15 is 0 Å². The number of anilines is 1. The Morgan fingerprint density at radius 3 is 2.57 bits per heavy atom. The molecule has 0 aliphatic carbocycles. The second-order valence-electron chi connectivity index (χ2n) is 6.40. The highest BCUT2D eigenvalue weighted by Crippen LogP contribution is 2.43. The molecule has 0 saturated carbocycles. The molecule has 1 heterocycles. The molecular formula is C17H23NO3. The quantitative estimate of drug-likeness (QED) is 0.785. The first-order valence-corrected chi connectivity index (χ1v) is 7.34. The monoisotopic (exact) mass is 289 g/mol. The highest BCUT2D eigenvalue weighted by atomic mass is 16.5. The zero-order chi connectivity index (χ0) is 15.8. The highest BCUT2D eigenvalue weighted by Gasteiger charge is 2.41. The number of hydrogen-bond donors (Lipinski definition) is 0. The molecule has 1 aliphatic heterocycles. The van der Waals surface area contributed by atoms with Gasteiger partial charge in [0.1, 0.15) is 0 Å². The Kier molecular flexibility index (Phi) is 4.08. The summed E-state index contributed by atoms with van der Waals surface area (Å²) >= 11 is 0. The molecule has 1 amide bonds. The second-order valence-corrected chi connectivity index (χ2v) is 6.40. The van der Waals surface area contributed by atoms with Crippen molar-refractivity contribution in [1.82, 2.24) is 0 Å². The summed E-state index contributed by atoms with van der Waals surface area (Å²) in [6, 6.07) is 7.95. The van der Waals surface area contributed by atoms with Gasteiger partial charge < -0.3 is 9.64 Å². The molecule has 4 nitrogen and oxygen atoms in total. The van der Waals surface area contributed by atoms with Crippen LogP contribution in [-0.4, -0.2) is 23.5 Å². The van der Waals surface area contributed by atoms with Crippen LogP contribution in [0.4, 0.5) is 5.69 Å². The molecule has 0 radical (unpaired) electrons. The lowest BCUT2D eigenvalue weighted by molar-refractivity contribution is -0.152. The van der Waals surface area contributed by atoms with Crippen molar-refractivity contribution < 1.29 is 14.3 Å². The molecule has 1 aromatic rings. The zero-order valence-electron chi connectivity index (χ0n) is 13.3. The number of para-hydroxylation sites is 1. The van der Waals surface area contributed by atoms with Crippen LogP contribution < -0.4 is 4.90 Å². The van der Waals surface area contributed by atoms with Gasteiger partial charge in [0.2, 0.25) is 0 Å². The van der Waals surface area contributed by atoms with Crippen molar-refractivity contribution in [3.63, 3.8) is 0 Å². The van der Waals surface area contributed by atoms with Crippen LogP contribution in [0.5, 0.6) is 0 Å². The van der Waals surface area contributed by atoms with Gasteiger partial charge in [-0.25, -0.2) is 0 Å². The molecule has 0 bridgehead atoms. The van der Waals surface area contributed by atoms with Crippen LogP contribution in [0.25, 0.3) is 0 Å². The third kappa shape index (κ3) is 2.94. The number of carbonyl (C=O) groups excluding carboxylic acids is 2. The third-order valence-electron chi connectivity index (χ3n) is 4.03. The van der Waals surface area contributed by atoms with Crippen molar-refractivity contribution in [2.75, 3.05) is 4.90 Å². The first-order valence-electron chi connectivity index (χ1n) is 7.34. The van der Waals surface area contributed by atoms with Crippen LogP contribution in [0, 0.1) is 0 Å². The van der Waals surface area contributed by atoms with Crippen molar-refractivity contribution in [2.45, 2.75) is 58.6 Å². The Labute approximate surface area is 126 Å². The maximum absolute atomic E-state index is 12.8. The fourth-order valence-electron chi connectivity index (χ4n) is 3.28. The normalized spacial score (nSPS) is 21.4. The van der Waals surface area contributed by atoms with E-state index in [1.807, 2.05) is 18.2 Å². The highest BCUT2D eigenvalue weighted by molar-refractivity contribution is 5.99. The van der Waals surface area contributed by atoms with E-state index in [9.17, 15) is 9.59 Å². The first-order chi connectivity index (χ1) is 9.74. The van der Waals surface area contributed by atoms with Gasteiger partial charge in [-0.3, -0.25) is 9.59 Å². The van der Waals surface area contributed by atoms with Crippen LogP contribution in [0.15, 0.2) is 24.3 Å². The summed E-state index contributed by atoms with van der Waals surface area (Å²) in [7, 11) is 0. The minimum atomic E-state index is -0.775. The SMILES string of the molecule is CC(=O)OC(C)C(=O)N1c2ccccc2C(C)CC1(C)C. The Morgan fingerprint density at radius 2 is 1.95 bits per heavy atom. The largest absolute Gasteiger partial charge is 0.453 e. The molecule has 0 saturated heterocycles. The average molecular weight is 289 g/mol. The first kappa shape index (κ1) is 15.5. The van der Waals surface area contributed by atoms with Gasteiger partial charge in [0.15, 0.2) is 6.10 Å². The smallest absolute Gasteiger partial charge is 0.303 e. The summed E-state index contributed by atoms with van der Waals surface area (Å²) in [4.78, 5) is 25.7. The Bertz CT molecular complexity index is 565. The molecule has 114 valence electrons. The molecular weight excluding hydrogens is 266 g/mol. The number of ether oxygens (including phenoxy) is 1. The molecule has 2 rings (SSSR count). The molecule has 0 fully saturated rings. The maximum Gasteiger partial charge on any atom is 0.303 e. The summed E-state index contributed by atoms with van der Waals surface area (Å²) in [5, 5.41) is 0. The number of esters is 1. The Balaban J connectivity index is 2.42. The van der Waals surface area contributed by atoms with Gasteiger partial charge in [-0.15, -0.1) is 0 Å². The lowest BCUT2D eigenvalue weighted by Crippen LogP contribution is -2.55. The fraction of sp³-hybridized carbons (Fsp3) is 0.529. The van der Waals surface area contributed by atoms with Crippen LogP contribution in [0.2, 0.25) is 0 Å². The van der Waals surface area contributed by atoms with Crippen molar-refractivity contribution in [3.05, 3.63) is 29.8 Å². The maximum atomic E-state index is 12.8. The average Bonchev–Trinajstić information content (AvgIpc) is 2.36. The van der Waals surface area contributed by atoms with E-state index in [4.69, 9.17) is 4.74 Å². The predicted octanol–water partition coefficient (Wildman–Crippen LogP) is 3.26. The topological polar surface area (TPSA) is 46.6 Å². The molecule has 0 aromatic heterocycles. The van der Waals surface area contributed by atoms with Crippen LogP contribution in [0.3, 0.4) is 0 Å². The van der Waals surface area contributed by atoms with Crippen molar-refractivity contribution in [1.29, 1.82) is 0 Å². The number of rotatable bonds is 2. The Morgan fingerprint density at radius 1 is 1.33 bits per heavy atom. The van der Waals surface area contributed by atoms with Gasteiger partial charge >= 0.3 is 5.97 Å². The molecule has 4 heteroatoms. The van der Waals surface area contributed by atoms with Crippen molar-refractivity contribution >= 4 is 17.6 Å². The van der Waals surface area contributed by atoms with Crippen LogP contribution in [-0.2, 0) is 14.3 Å². The number of amides is 1. The van der Waals surface area contributed by atoms with E-state index in [1.165, 1.54) is 12.5 Å². The van der Waals surface area contributed by atoms with E-state index in [0.717, 1.165) is 12.1 Å². The lowest BCUT2D eigenvalue weighted by Gasteiger charge is -2.46. The molecule has 1 aliphatic rings. The number of nitrogens with zero attached hydrogens (tertiary/aromatic N) is 1. The standard InChI is InChI=1S/C17H23NO3/c1-11-10-17(4,5)18(15-9-7-6-8-14(11)15)16(20)12(2)21-13(3)19/h6-9,11-12H,10H2,1-5H3. The van der Waals surface area contributed by atoms with Gasteiger partial charge in [0.25, 0.3) is 5.91 Å². The van der Waals surface area contributed by atoms with Crippen LogP contribution >= 0.6 is 0 Å². The minimum Gasteiger partial charge on any atom is -0.453 e.